The first-order chi connectivity index (χ1) is 11.4. The van der Waals surface area contributed by atoms with Gasteiger partial charge in [0.2, 0.25) is 0 Å². The number of nitrogens with one attached hydrogen (secondary N) is 1. The molecule has 1 aromatic carbocycles. The number of ether oxygens (including phenoxy) is 2. The minimum atomic E-state index is -4.73. The minimum Gasteiger partial charge on any atom is -0.486 e. The van der Waals surface area contributed by atoms with Crippen molar-refractivity contribution in [1.82, 2.24) is 5.32 Å². The lowest BCUT2D eigenvalue weighted by atomic mass is 10.3. The molecule has 1 aliphatic rings. The molecule has 2 aromatic rings. The number of amides is 1. The van der Waals surface area contributed by atoms with Gasteiger partial charge in [0.1, 0.15) is 23.9 Å². The van der Waals surface area contributed by atoms with Crippen LogP contribution in [0.1, 0.15) is 29.2 Å². The average molecular weight is 341 g/mol. The Morgan fingerprint density at radius 3 is 2.42 bits per heavy atom. The first-order valence-corrected chi connectivity index (χ1v) is 7.27. The van der Waals surface area contributed by atoms with E-state index < -0.39 is 6.36 Å². The van der Waals surface area contributed by atoms with Crippen LogP contribution in [0.15, 0.2) is 40.8 Å². The van der Waals surface area contributed by atoms with Gasteiger partial charge in [-0.25, -0.2) is 0 Å². The van der Waals surface area contributed by atoms with Crippen LogP contribution in [0.25, 0.3) is 0 Å². The number of hydrogen-bond acceptors (Lipinski definition) is 4. The van der Waals surface area contributed by atoms with Gasteiger partial charge in [0.05, 0.1) is 0 Å². The van der Waals surface area contributed by atoms with Gasteiger partial charge in [0.15, 0.2) is 5.76 Å². The highest BCUT2D eigenvalue weighted by atomic mass is 19.4. The minimum absolute atomic E-state index is 0.0518. The van der Waals surface area contributed by atoms with Gasteiger partial charge < -0.3 is 19.2 Å². The molecule has 5 nitrogen and oxygen atoms in total. The summed E-state index contributed by atoms with van der Waals surface area (Å²) >= 11 is 0. The Kier molecular flexibility index (Phi) is 4.37. The van der Waals surface area contributed by atoms with Gasteiger partial charge >= 0.3 is 6.36 Å². The number of benzene rings is 1. The smallest absolute Gasteiger partial charge is 0.486 e. The molecule has 0 radical (unpaired) electrons. The van der Waals surface area contributed by atoms with E-state index in [1.807, 2.05) is 0 Å². The van der Waals surface area contributed by atoms with E-state index in [9.17, 15) is 18.0 Å². The number of alkyl halides is 3. The standard InChI is InChI=1S/C16H14F3NO4/c17-16(18,19)24-12-5-3-11(4-6-12)22-9-13-7-8-14(23-13)15(21)20-10-1-2-10/h3-8,10H,1-2,9H2,(H,20,21). The molecular weight excluding hydrogens is 327 g/mol. The highest BCUT2D eigenvalue weighted by Crippen LogP contribution is 2.25. The zero-order valence-electron chi connectivity index (χ0n) is 12.4. The molecule has 1 saturated carbocycles. The van der Waals surface area contributed by atoms with E-state index in [2.05, 4.69) is 10.1 Å². The quantitative estimate of drug-likeness (QED) is 0.871. The maximum atomic E-state index is 12.1. The van der Waals surface area contributed by atoms with Crippen molar-refractivity contribution >= 4 is 5.91 Å². The van der Waals surface area contributed by atoms with Crippen LogP contribution in [0.5, 0.6) is 11.5 Å². The molecule has 24 heavy (non-hydrogen) atoms. The SMILES string of the molecule is O=C(NC1CC1)c1ccc(COc2ccc(OC(F)(F)F)cc2)o1. The van der Waals surface area contributed by atoms with Crippen molar-refractivity contribution in [2.24, 2.45) is 0 Å². The molecule has 0 saturated heterocycles. The fraction of sp³-hybridized carbons (Fsp3) is 0.312. The van der Waals surface area contributed by atoms with Gasteiger partial charge in [-0.1, -0.05) is 0 Å². The molecule has 0 bridgehead atoms. The molecule has 0 atom stereocenters. The third-order valence-electron chi connectivity index (χ3n) is 3.24. The predicted molar refractivity (Wildman–Crippen MR) is 76.7 cm³/mol. The normalized spacial score (nSPS) is 14.3. The van der Waals surface area contributed by atoms with Gasteiger partial charge in [-0.15, -0.1) is 13.2 Å². The Morgan fingerprint density at radius 1 is 1.12 bits per heavy atom. The van der Waals surface area contributed by atoms with Gasteiger partial charge in [-0.3, -0.25) is 4.79 Å². The second-order valence-corrected chi connectivity index (χ2v) is 5.32. The third kappa shape index (κ3) is 4.68. The van der Waals surface area contributed by atoms with Crippen molar-refractivity contribution in [1.29, 1.82) is 0 Å². The number of carbonyl (C=O) groups is 1. The molecule has 1 aromatic heterocycles. The zero-order valence-corrected chi connectivity index (χ0v) is 12.4. The Labute approximate surface area is 135 Å². The molecular formula is C16H14F3NO4. The monoisotopic (exact) mass is 341 g/mol. The molecule has 1 heterocycles. The Bertz CT molecular complexity index is 705. The largest absolute Gasteiger partial charge is 0.573 e. The van der Waals surface area contributed by atoms with Crippen LogP contribution >= 0.6 is 0 Å². The zero-order chi connectivity index (χ0) is 17.2. The van der Waals surface area contributed by atoms with Crippen LogP contribution in [-0.2, 0) is 6.61 Å². The number of halogens is 3. The van der Waals surface area contributed by atoms with Crippen LogP contribution in [-0.4, -0.2) is 18.3 Å². The maximum Gasteiger partial charge on any atom is 0.573 e. The number of rotatable bonds is 6. The Hall–Kier alpha value is -2.64. The van der Waals surface area contributed by atoms with Gasteiger partial charge in [-0.2, -0.15) is 0 Å². The molecule has 1 aliphatic carbocycles. The van der Waals surface area contributed by atoms with E-state index in [0.717, 1.165) is 25.0 Å². The molecule has 0 aliphatic heterocycles. The summed E-state index contributed by atoms with van der Waals surface area (Å²) in [5.41, 5.74) is 0. The average Bonchev–Trinajstić information content (AvgIpc) is 3.19. The summed E-state index contributed by atoms with van der Waals surface area (Å²) in [7, 11) is 0. The van der Waals surface area contributed by atoms with Crippen LogP contribution in [0.4, 0.5) is 13.2 Å². The lowest BCUT2D eigenvalue weighted by Gasteiger charge is -2.09. The lowest BCUT2D eigenvalue weighted by Crippen LogP contribution is -2.24. The van der Waals surface area contributed by atoms with Gasteiger partial charge in [0, 0.05) is 6.04 Å². The first kappa shape index (κ1) is 16.2. The van der Waals surface area contributed by atoms with Crippen molar-refractivity contribution in [2.75, 3.05) is 0 Å². The Balaban J connectivity index is 1.52. The summed E-state index contributed by atoms with van der Waals surface area (Å²) < 4.78 is 50.7. The lowest BCUT2D eigenvalue weighted by molar-refractivity contribution is -0.274. The summed E-state index contributed by atoms with van der Waals surface area (Å²) in [5.74, 6) is 0.398. The van der Waals surface area contributed by atoms with Crippen LogP contribution in [0, 0.1) is 0 Å². The fourth-order valence-electron chi connectivity index (χ4n) is 1.95. The van der Waals surface area contributed by atoms with Crippen LogP contribution in [0.3, 0.4) is 0 Å². The molecule has 8 heteroatoms. The van der Waals surface area contributed by atoms with Crippen LogP contribution in [0.2, 0.25) is 0 Å². The van der Waals surface area contributed by atoms with Crippen molar-refractivity contribution in [3.8, 4) is 11.5 Å². The summed E-state index contributed by atoms with van der Waals surface area (Å²) in [6.45, 7) is 0.0518. The topological polar surface area (TPSA) is 60.7 Å². The van der Waals surface area contributed by atoms with Gasteiger partial charge in [-0.05, 0) is 49.2 Å². The van der Waals surface area contributed by atoms with Crippen LogP contribution < -0.4 is 14.8 Å². The second kappa shape index (κ2) is 6.46. The molecule has 1 N–H and O–H groups in total. The molecule has 1 amide bonds. The molecule has 0 unspecified atom stereocenters. The first-order valence-electron chi connectivity index (χ1n) is 7.27. The molecule has 0 spiro atoms. The molecule has 128 valence electrons. The van der Waals surface area contributed by atoms with Crippen molar-refractivity contribution in [2.45, 2.75) is 31.9 Å². The Morgan fingerprint density at radius 2 is 1.79 bits per heavy atom. The highest BCUT2D eigenvalue weighted by molar-refractivity contribution is 5.91. The summed E-state index contributed by atoms with van der Waals surface area (Å²) in [5, 5.41) is 2.80. The van der Waals surface area contributed by atoms with E-state index in [1.54, 1.807) is 12.1 Å². The van der Waals surface area contributed by atoms with E-state index in [4.69, 9.17) is 9.15 Å². The summed E-state index contributed by atoms with van der Waals surface area (Å²) in [6.07, 6.45) is -2.76. The molecule has 3 rings (SSSR count). The van der Waals surface area contributed by atoms with Crippen molar-refractivity contribution < 1.29 is 31.9 Å². The van der Waals surface area contributed by atoms with Crippen molar-refractivity contribution in [3.63, 3.8) is 0 Å². The maximum absolute atomic E-state index is 12.1. The second-order valence-electron chi connectivity index (χ2n) is 5.32. The highest BCUT2D eigenvalue weighted by Gasteiger charge is 2.31. The predicted octanol–water partition coefficient (Wildman–Crippen LogP) is 3.65. The van der Waals surface area contributed by atoms with Crippen molar-refractivity contribution in [3.05, 3.63) is 47.9 Å². The summed E-state index contributed by atoms with van der Waals surface area (Å²) in [4.78, 5) is 11.8. The number of furan rings is 1. The third-order valence-corrected chi connectivity index (χ3v) is 3.24. The number of hydrogen-bond donors (Lipinski definition) is 1. The van der Waals surface area contributed by atoms with Gasteiger partial charge in [0.25, 0.3) is 5.91 Å². The number of carbonyl (C=O) groups excluding carboxylic acids is 1. The molecule has 1 fully saturated rings. The van der Waals surface area contributed by atoms with E-state index in [0.29, 0.717) is 11.5 Å². The fourth-order valence-corrected chi connectivity index (χ4v) is 1.95. The van der Waals surface area contributed by atoms with E-state index >= 15 is 0 Å². The van der Waals surface area contributed by atoms with E-state index in [-0.39, 0.29) is 30.1 Å². The van der Waals surface area contributed by atoms with E-state index in [1.165, 1.54) is 12.1 Å². The summed E-state index contributed by atoms with van der Waals surface area (Å²) in [6, 6.07) is 8.41.